The number of carbonyl (C=O) groups is 2. The third-order valence-corrected chi connectivity index (χ3v) is 6.83. The summed E-state index contributed by atoms with van der Waals surface area (Å²) in [6.07, 6.45) is 0. The molecule has 1 heterocycles. The molecule has 0 radical (unpaired) electrons. The van der Waals surface area contributed by atoms with Crippen molar-refractivity contribution in [1.82, 2.24) is 5.06 Å². The fourth-order valence-corrected chi connectivity index (χ4v) is 4.69. The molecule has 4 aromatic rings. The lowest BCUT2D eigenvalue weighted by Gasteiger charge is -2.26. The normalized spacial score (nSPS) is 13.0. The number of hydrogen-bond donors (Lipinski definition) is 1. The smallest absolute Gasteiger partial charge is 0.348 e. The number of amides is 2. The van der Waals surface area contributed by atoms with Gasteiger partial charge in [0.25, 0.3) is 0 Å². The number of ether oxygens (including phenoxy) is 1. The van der Waals surface area contributed by atoms with Crippen LogP contribution in [0.3, 0.4) is 0 Å². The minimum absolute atomic E-state index is 0.509. The fourth-order valence-electron chi connectivity index (χ4n) is 3.59. The molecular formula is C25H24N2O4S. The number of methoxy groups -OCH3 is 1. The van der Waals surface area contributed by atoms with Gasteiger partial charge in [-0.3, -0.25) is 0 Å². The molecule has 2 amide bonds. The molecule has 0 bridgehead atoms. The Hall–Kier alpha value is -3.58. The standard InChI is InChI=1S/C25H24N2O4S/c1-15(17-8-9-19-13-21(30-3)11-10-18(19)12-17)24(28)31-27(25(26)29)16(2)23-14-20-6-4-5-7-22(20)32-23/h4-16H,1-3H3,(H2,26,29)/t15-,16?/m0/s1. The van der Waals surface area contributed by atoms with Crippen LogP contribution in [-0.2, 0) is 9.63 Å². The number of carbonyl (C=O) groups excluding carboxylic acids is 2. The van der Waals surface area contributed by atoms with E-state index in [-0.39, 0.29) is 0 Å². The van der Waals surface area contributed by atoms with Crippen molar-refractivity contribution in [2.24, 2.45) is 5.73 Å². The van der Waals surface area contributed by atoms with E-state index < -0.39 is 24.0 Å². The van der Waals surface area contributed by atoms with Gasteiger partial charge >= 0.3 is 12.0 Å². The third-order valence-electron chi connectivity index (χ3n) is 5.54. The lowest BCUT2D eigenvalue weighted by molar-refractivity contribution is -0.185. The summed E-state index contributed by atoms with van der Waals surface area (Å²) in [5.74, 6) is -0.368. The van der Waals surface area contributed by atoms with E-state index >= 15 is 0 Å². The molecule has 0 aliphatic rings. The molecule has 0 aliphatic carbocycles. The third kappa shape index (κ3) is 4.24. The first-order valence-electron chi connectivity index (χ1n) is 10.2. The first-order valence-corrected chi connectivity index (χ1v) is 11.1. The van der Waals surface area contributed by atoms with Crippen molar-refractivity contribution in [3.05, 3.63) is 77.2 Å². The minimum atomic E-state index is -0.818. The van der Waals surface area contributed by atoms with E-state index in [1.54, 1.807) is 21.0 Å². The highest BCUT2D eigenvalue weighted by molar-refractivity contribution is 7.19. The number of hydroxylamine groups is 2. The minimum Gasteiger partial charge on any atom is -0.497 e. The molecule has 2 atom stereocenters. The molecule has 0 saturated carbocycles. The lowest BCUT2D eigenvalue weighted by atomic mass is 9.98. The molecule has 0 fully saturated rings. The number of rotatable bonds is 5. The van der Waals surface area contributed by atoms with Gasteiger partial charge in [-0.1, -0.05) is 42.5 Å². The zero-order valence-electron chi connectivity index (χ0n) is 18.1. The number of hydrogen-bond acceptors (Lipinski definition) is 5. The molecule has 0 aliphatic heterocycles. The van der Waals surface area contributed by atoms with Crippen molar-refractivity contribution in [1.29, 1.82) is 0 Å². The molecule has 1 unspecified atom stereocenters. The fraction of sp³-hybridized carbons (Fsp3) is 0.200. The quantitative estimate of drug-likeness (QED) is 0.393. The lowest BCUT2D eigenvalue weighted by Crippen LogP contribution is -2.40. The maximum atomic E-state index is 12.9. The molecule has 32 heavy (non-hydrogen) atoms. The van der Waals surface area contributed by atoms with E-state index in [4.69, 9.17) is 15.3 Å². The second kappa shape index (κ2) is 8.88. The van der Waals surface area contributed by atoms with Crippen molar-refractivity contribution in [2.75, 3.05) is 7.11 Å². The number of primary amides is 1. The Labute approximate surface area is 190 Å². The highest BCUT2D eigenvalue weighted by Crippen LogP contribution is 2.33. The van der Waals surface area contributed by atoms with Crippen molar-refractivity contribution in [3.8, 4) is 5.75 Å². The van der Waals surface area contributed by atoms with E-state index in [2.05, 4.69) is 0 Å². The summed E-state index contributed by atoms with van der Waals surface area (Å²) in [4.78, 5) is 31.4. The van der Waals surface area contributed by atoms with Crippen LogP contribution >= 0.6 is 11.3 Å². The molecule has 7 heteroatoms. The van der Waals surface area contributed by atoms with E-state index in [9.17, 15) is 9.59 Å². The van der Waals surface area contributed by atoms with Crippen LogP contribution in [0.4, 0.5) is 4.79 Å². The molecule has 0 spiro atoms. The van der Waals surface area contributed by atoms with Crippen LogP contribution in [0, 0.1) is 0 Å². The molecule has 4 rings (SSSR count). The Bertz CT molecular complexity index is 1270. The number of nitrogens with zero attached hydrogens (tertiary/aromatic N) is 1. The highest BCUT2D eigenvalue weighted by atomic mass is 32.1. The van der Waals surface area contributed by atoms with E-state index in [0.717, 1.165) is 42.1 Å². The number of nitrogens with two attached hydrogens (primary N) is 1. The summed E-state index contributed by atoms with van der Waals surface area (Å²) >= 11 is 1.54. The van der Waals surface area contributed by atoms with Crippen LogP contribution in [-0.4, -0.2) is 24.2 Å². The largest absolute Gasteiger partial charge is 0.497 e. The summed E-state index contributed by atoms with van der Waals surface area (Å²) in [7, 11) is 1.62. The summed E-state index contributed by atoms with van der Waals surface area (Å²) in [5, 5.41) is 4.01. The van der Waals surface area contributed by atoms with Crippen LogP contribution in [0.15, 0.2) is 66.7 Å². The number of thiophene rings is 1. The maximum Gasteiger partial charge on any atom is 0.348 e. The Balaban J connectivity index is 1.54. The van der Waals surface area contributed by atoms with Gasteiger partial charge in [-0.25, -0.2) is 9.59 Å². The molecule has 164 valence electrons. The van der Waals surface area contributed by atoms with Gasteiger partial charge in [-0.2, -0.15) is 0 Å². The van der Waals surface area contributed by atoms with E-state index in [1.165, 1.54) is 11.3 Å². The number of urea groups is 1. The second-order valence-corrected chi connectivity index (χ2v) is 8.75. The zero-order valence-corrected chi connectivity index (χ0v) is 18.9. The molecule has 1 aromatic heterocycles. The summed E-state index contributed by atoms with van der Waals surface area (Å²) in [6.45, 7) is 3.53. The predicted molar refractivity (Wildman–Crippen MR) is 127 cm³/mol. The van der Waals surface area contributed by atoms with Crippen molar-refractivity contribution in [3.63, 3.8) is 0 Å². The molecule has 6 nitrogen and oxygen atoms in total. The maximum absolute atomic E-state index is 12.9. The molecule has 0 saturated heterocycles. The second-order valence-electron chi connectivity index (χ2n) is 7.63. The first kappa shape index (κ1) is 21.6. The van der Waals surface area contributed by atoms with E-state index in [0.29, 0.717) is 0 Å². The molecule has 3 aromatic carbocycles. The average Bonchev–Trinajstić information content (AvgIpc) is 3.25. The van der Waals surface area contributed by atoms with Crippen LogP contribution in [0.5, 0.6) is 5.75 Å². The Kier molecular flexibility index (Phi) is 6.01. The Morgan fingerprint density at radius 3 is 2.38 bits per heavy atom. The first-order chi connectivity index (χ1) is 15.4. The number of benzene rings is 3. The highest BCUT2D eigenvalue weighted by Gasteiger charge is 2.28. The van der Waals surface area contributed by atoms with Crippen molar-refractivity contribution >= 4 is 44.2 Å². The molecular weight excluding hydrogens is 424 g/mol. The Morgan fingerprint density at radius 1 is 0.938 bits per heavy atom. The van der Waals surface area contributed by atoms with Gasteiger partial charge in [0.2, 0.25) is 0 Å². The van der Waals surface area contributed by atoms with Gasteiger partial charge in [0.1, 0.15) is 11.8 Å². The van der Waals surface area contributed by atoms with Gasteiger partial charge in [0.15, 0.2) is 0 Å². The predicted octanol–water partition coefficient (Wildman–Crippen LogP) is 5.77. The topological polar surface area (TPSA) is 81.9 Å². The zero-order chi connectivity index (χ0) is 22.8. The van der Waals surface area contributed by atoms with Crippen molar-refractivity contribution in [2.45, 2.75) is 25.8 Å². The van der Waals surface area contributed by atoms with Crippen LogP contribution in [0.25, 0.3) is 20.9 Å². The van der Waals surface area contributed by atoms with Crippen LogP contribution in [0.2, 0.25) is 0 Å². The monoisotopic (exact) mass is 448 g/mol. The SMILES string of the molecule is COc1ccc2cc([C@H](C)C(=O)ON(C(N)=O)C(C)c3cc4ccccc4s3)ccc2c1. The summed E-state index contributed by atoms with van der Waals surface area (Å²) in [5.41, 5.74) is 6.34. The Morgan fingerprint density at radius 2 is 1.66 bits per heavy atom. The van der Waals surface area contributed by atoms with Crippen LogP contribution < -0.4 is 10.5 Å². The number of fused-ring (bicyclic) bond motifs is 2. The average molecular weight is 449 g/mol. The van der Waals surface area contributed by atoms with Crippen molar-refractivity contribution < 1.29 is 19.2 Å². The van der Waals surface area contributed by atoms with E-state index in [1.807, 2.05) is 66.7 Å². The summed E-state index contributed by atoms with van der Waals surface area (Å²) < 4.78 is 6.35. The van der Waals surface area contributed by atoms with Crippen LogP contribution in [0.1, 0.15) is 36.2 Å². The summed E-state index contributed by atoms with van der Waals surface area (Å²) in [6, 6.07) is 20.1. The van der Waals surface area contributed by atoms with Gasteiger partial charge in [-0.15, -0.1) is 16.4 Å². The van der Waals surface area contributed by atoms with Gasteiger partial charge in [0.05, 0.1) is 13.0 Å². The van der Waals surface area contributed by atoms with Gasteiger partial charge in [0, 0.05) is 9.58 Å². The van der Waals surface area contributed by atoms with Gasteiger partial charge in [-0.05, 0) is 59.8 Å². The van der Waals surface area contributed by atoms with Gasteiger partial charge < -0.3 is 15.3 Å². The molecule has 2 N–H and O–H groups in total.